The van der Waals surface area contributed by atoms with Gasteiger partial charge in [-0.05, 0) is 29.0 Å². The van der Waals surface area contributed by atoms with Gasteiger partial charge in [-0.15, -0.1) is 0 Å². The van der Waals surface area contributed by atoms with Crippen molar-refractivity contribution in [2.75, 3.05) is 5.32 Å². The van der Waals surface area contributed by atoms with Crippen LogP contribution in [0.2, 0.25) is 0 Å². The number of carbonyl (C=O) groups excluding carboxylic acids is 1. The summed E-state index contributed by atoms with van der Waals surface area (Å²) in [6.07, 6.45) is 4.04. The van der Waals surface area contributed by atoms with Crippen molar-refractivity contribution in [1.82, 2.24) is 4.98 Å². The summed E-state index contributed by atoms with van der Waals surface area (Å²) < 4.78 is 13.8. The van der Waals surface area contributed by atoms with Gasteiger partial charge in [0.2, 0.25) is 0 Å². The Morgan fingerprint density at radius 1 is 1.24 bits per heavy atom. The van der Waals surface area contributed by atoms with Gasteiger partial charge < -0.3 is 5.32 Å². The molecule has 1 aromatic heterocycles. The van der Waals surface area contributed by atoms with Crippen LogP contribution in [0.5, 0.6) is 0 Å². The lowest BCUT2D eigenvalue weighted by Crippen LogP contribution is -2.24. The van der Waals surface area contributed by atoms with Crippen LogP contribution in [0.4, 0.5) is 10.2 Å². The average molecular weight is 336 g/mol. The Balaban J connectivity index is 1.95. The van der Waals surface area contributed by atoms with Gasteiger partial charge in [0.05, 0.1) is 6.20 Å². The maximum Gasteiger partial charge on any atom is 0.157 e. The van der Waals surface area contributed by atoms with Crippen LogP contribution in [-0.2, 0) is 4.79 Å². The van der Waals surface area contributed by atoms with Gasteiger partial charge in [0, 0.05) is 23.8 Å². The first-order chi connectivity index (χ1) is 11.8. The van der Waals surface area contributed by atoms with Crippen molar-refractivity contribution in [3.63, 3.8) is 0 Å². The fourth-order valence-electron chi connectivity index (χ4n) is 3.14. The first kappa shape index (κ1) is 17.1. The number of nitrogens with one attached hydrogen (secondary N) is 1. The maximum atomic E-state index is 13.8. The van der Waals surface area contributed by atoms with Gasteiger partial charge in [-0.25, -0.2) is 9.37 Å². The lowest BCUT2D eigenvalue weighted by atomic mass is 9.79. The predicted octanol–water partition coefficient (Wildman–Crippen LogP) is 4.97. The number of pyridine rings is 1. The van der Waals surface area contributed by atoms with Gasteiger partial charge in [-0.1, -0.05) is 50.8 Å². The molecular weight excluding hydrogens is 315 g/mol. The van der Waals surface area contributed by atoms with E-state index in [4.69, 9.17) is 0 Å². The van der Waals surface area contributed by atoms with Crippen molar-refractivity contribution in [3.8, 4) is 0 Å². The standard InChI is InChI=1S/C21H21FN2O/c1-14(15-7-5-4-6-8-15)19-9-16(22)13-23-20(19)24-17-10-18(25)12-21(2,3)11-17/h4-10,13H,1,11-12H2,2-3H3,(H,23,24). The molecule has 0 saturated carbocycles. The Morgan fingerprint density at radius 2 is 1.96 bits per heavy atom. The van der Waals surface area contributed by atoms with E-state index in [-0.39, 0.29) is 11.2 Å². The monoisotopic (exact) mass is 336 g/mol. The molecule has 0 aliphatic heterocycles. The molecule has 128 valence electrons. The smallest absolute Gasteiger partial charge is 0.157 e. The minimum absolute atomic E-state index is 0.0873. The second-order valence-corrected chi connectivity index (χ2v) is 7.17. The zero-order chi connectivity index (χ0) is 18.0. The normalized spacial score (nSPS) is 16.3. The number of rotatable bonds is 4. The fraction of sp³-hybridized carbons (Fsp3) is 0.238. The molecule has 0 spiro atoms. The molecule has 1 aliphatic carbocycles. The molecule has 3 rings (SSSR count). The highest BCUT2D eigenvalue weighted by molar-refractivity contribution is 5.92. The Morgan fingerprint density at radius 3 is 2.64 bits per heavy atom. The van der Waals surface area contributed by atoms with E-state index in [1.807, 2.05) is 30.3 Å². The first-order valence-corrected chi connectivity index (χ1v) is 8.25. The van der Waals surface area contributed by atoms with Gasteiger partial charge in [-0.2, -0.15) is 0 Å². The molecular formula is C21H21FN2O. The number of hydrogen-bond acceptors (Lipinski definition) is 3. The predicted molar refractivity (Wildman–Crippen MR) is 98.5 cm³/mol. The number of allylic oxidation sites excluding steroid dienone is 2. The first-order valence-electron chi connectivity index (χ1n) is 8.25. The lowest BCUT2D eigenvalue weighted by molar-refractivity contribution is -0.117. The molecule has 1 heterocycles. The van der Waals surface area contributed by atoms with Crippen molar-refractivity contribution in [1.29, 1.82) is 0 Å². The van der Waals surface area contributed by atoms with E-state index in [2.05, 4.69) is 30.7 Å². The number of ketones is 1. The van der Waals surface area contributed by atoms with Crippen LogP contribution in [0.15, 0.2) is 60.9 Å². The SMILES string of the molecule is C=C(c1ccccc1)c1cc(F)cnc1NC1=CC(=O)CC(C)(C)C1. The number of aromatic nitrogens is 1. The van der Waals surface area contributed by atoms with Crippen LogP contribution < -0.4 is 5.32 Å². The molecule has 4 heteroatoms. The van der Waals surface area contributed by atoms with Crippen LogP contribution >= 0.6 is 0 Å². The summed E-state index contributed by atoms with van der Waals surface area (Å²) in [5.41, 5.74) is 2.85. The Labute approximate surface area is 147 Å². The molecule has 0 atom stereocenters. The highest BCUT2D eigenvalue weighted by atomic mass is 19.1. The molecule has 2 aromatic rings. The van der Waals surface area contributed by atoms with Crippen LogP contribution in [0, 0.1) is 11.2 Å². The molecule has 0 saturated heterocycles. The van der Waals surface area contributed by atoms with Crippen LogP contribution in [0.25, 0.3) is 5.57 Å². The summed E-state index contributed by atoms with van der Waals surface area (Å²) in [5, 5.41) is 3.22. The van der Waals surface area contributed by atoms with Crippen molar-refractivity contribution < 1.29 is 9.18 Å². The minimum atomic E-state index is -0.424. The second-order valence-electron chi connectivity index (χ2n) is 7.17. The van der Waals surface area contributed by atoms with Gasteiger partial charge in [0.15, 0.2) is 5.78 Å². The summed E-state index contributed by atoms with van der Waals surface area (Å²) in [4.78, 5) is 16.2. The van der Waals surface area contributed by atoms with Gasteiger partial charge >= 0.3 is 0 Å². The minimum Gasteiger partial charge on any atom is -0.343 e. The van der Waals surface area contributed by atoms with Crippen molar-refractivity contribution in [2.45, 2.75) is 26.7 Å². The van der Waals surface area contributed by atoms with Crippen LogP contribution in [0.1, 0.15) is 37.8 Å². The van der Waals surface area contributed by atoms with E-state index < -0.39 is 5.82 Å². The Kier molecular flexibility index (Phi) is 4.53. The van der Waals surface area contributed by atoms with Gasteiger partial charge in [0.1, 0.15) is 11.6 Å². The van der Waals surface area contributed by atoms with E-state index in [1.165, 1.54) is 12.3 Å². The largest absolute Gasteiger partial charge is 0.343 e. The number of nitrogens with zero attached hydrogens (tertiary/aromatic N) is 1. The summed E-state index contributed by atoms with van der Waals surface area (Å²) >= 11 is 0. The molecule has 0 bridgehead atoms. The number of halogens is 1. The number of hydrogen-bond donors (Lipinski definition) is 1. The van der Waals surface area contributed by atoms with Gasteiger partial charge in [0.25, 0.3) is 0 Å². The summed E-state index contributed by atoms with van der Waals surface area (Å²) in [6.45, 7) is 8.21. The topological polar surface area (TPSA) is 42.0 Å². The quantitative estimate of drug-likeness (QED) is 0.857. The third-order valence-corrected chi connectivity index (χ3v) is 4.24. The third kappa shape index (κ3) is 4.02. The molecule has 0 unspecified atom stereocenters. The van der Waals surface area contributed by atoms with Crippen molar-refractivity contribution >= 4 is 17.2 Å². The van der Waals surface area contributed by atoms with E-state index in [1.54, 1.807) is 6.08 Å². The fourth-order valence-corrected chi connectivity index (χ4v) is 3.14. The molecule has 1 aliphatic rings. The van der Waals surface area contributed by atoms with Crippen LogP contribution in [0.3, 0.4) is 0 Å². The molecule has 1 N–H and O–H groups in total. The van der Waals surface area contributed by atoms with Crippen molar-refractivity contribution in [2.24, 2.45) is 5.41 Å². The van der Waals surface area contributed by atoms with E-state index in [0.717, 1.165) is 17.7 Å². The number of benzene rings is 1. The summed E-state index contributed by atoms with van der Waals surface area (Å²) in [5.74, 6) is 0.169. The summed E-state index contributed by atoms with van der Waals surface area (Å²) in [6, 6.07) is 11.0. The average Bonchev–Trinajstić information content (AvgIpc) is 2.55. The molecule has 0 radical (unpaired) electrons. The van der Waals surface area contributed by atoms with E-state index >= 15 is 0 Å². The van der Waals surface area contributed by atoms with E-state index in [0.29, 0.717) is 23.4 Å². The van der Waals surface area contributed by atoms with Gasteiger partial charge in [-0.3, -0.25) is 4.79 Å². The highest BCUT2D eigenvalue weighted by Crippen LogP contribution is 2.35. The zero-order valence-electron chi connectivity index (χ0n) is 14.5. The summed E-state index contributed by atoms with van der Waals surface area (Å²) in [7, 11) is 0. The number of anilines is 1. The molecule has 0 fully saturated rings. The zero-order valence-corrected chi connectivity index (χ0v) is 14.5. The highest BCUT2D eigenvalue weighted by Gasteiger charge is 2.28. The molecule has 0 amide bonds. The molecule has 3 nitrogen and oxygen atoms in total. The molecule has 25 heavy (non-hydrogen) atoms. The van der Waals surface area contributed by atoms with Crippen molar-refractivity contribution in [3.05, 3.63) is 77.9 Å². The van der Waals surface area contributed by atoms with Crippen LogP contribution in [-0.4, -0.2) is 10.8 Å². The lowest BCUT2D eigenvalue weighted by Gasteiger charge is -2.29. The van der Waals surface area contributed by atoms with E-state index in [9.17, 15) is 9.18 Å². The third-order valence-electron chi connectivity index (χ3n) is 4.24. The Hall–Kier alpha value is -2.75. The molecule has 1 aromatic carbocycles. The number of carbonyl (C=O) groups is 1. The Bertz CT molecular complexity index is 853. The second kappa shape index (κ2) is 6.63. The maximum absolute atomic E-state index is 13.8.